The molecule has 3 unspecified atom stereocenters. The molecule has 0 aliphatic carbocycles. The Kier molecular flexibility index (Phi) is 3.82. The first-order valence-corrected chi connectivity index (χ1v) is 6.30. The van der Waals surface area contributed by atoms with Crippen molar-refractivity contribution in [2.45, 2.75) is 38.8 Å². The molecule has 2 fully saturated rings. The number of rotatable bonds is 1. The molecule has 0 radical (unpaired) electrons. The summed E-state index contributed by atoms with van der Waals surface area (Å²) in [5, 5.41) is 3.31. The minimum atomic E-state index is 0.178. The third kappa shape index (κ3) is 2.38. The highest BCUT2D eigenvalue weighted by molar-refractivity contribution is 5.80. The van der Waals surface area contributed by atoms with Crippen molar-refractivity contribution >= 4 is 5.91 Å². The van der Waals surface area contributed by atoms with Crippen LogP contribution in [0.5, 0.6) is 0 Å². The molecule has 0 saturated carbocycles. The van der Waals surface area contributed by atoms with Crippen molar-refractivity contribution < 1.29 is 9.53 Å². The van der Waals surface area contributed by atoms with Gasteiger partial charge in [-0.05, 0) is 33.2 Å². The van der Waals surface area contributed by atoms with E-state index in [4.69, 9.17) is 4.74 Å². The first-order chi connectivity index (χ1) is 7.70. The molecule has 1 N–H and O–H groups in total. The Bertz CT molecular complexity index is 241. The van der Waals surface area contributed by atoms with Crippen LogP contribution in [0.1, 0.15) is 26.7 Å². The lowest BCUT2D eigenvalue weighted by Crippen LogP contribution is -2.55. The van der Waals surface area contributed by atoms with E-state index in [2.05, 4.69) is 19.2 Å². The molecular formula is C12H22N2O2. The minimum Gasteiger partial charge on any atom is -0.377 e. The molecule has 2 heterocycles. The molecular weight excluding hydrogens is 204 g/mol. The number of carbonyl (C=O) groups excluding carboxylic acids is 1. The first kappa shape index (κ1) is 11.9. The molecule has 3 atom stereocenters. The largest absolute Gasteiger partial charge is 0.377 e. The van der Waals surface area contributed by atoms with Gasteiger partial charge in [-0.3, -0.25) is 4.79 Å². The lowest BCUT2D eigenvalue weighted by Gasteiger charge is -2.41. The number of ether oxygens (including phenoxy) is 1. The molecule has 0 bridgehead atoms. The predicted octanol–water partition coefficient (Wildman–Crippen LogP) is 0.622. The normalized spacial score (nSPS) is 36.1. The van der Waals surface area contributed by atoms with Crippen molar-refractivity contribution in [2.24, 2.45) is 5.92 Å². The summed E-state index contributed by atoms with van der Waals surface area (Å²) in [5.74, 6) is 0.493. The summed E-state index contributed by atoms with van der Waals surface area (Å²) in [6.45, 7) is 7.40. The van der Waals surface area contributed by atoms with E-state index in [-0.39, 0.29) is 18.0 Å². The molecule has 0 spiro atoms. The molecule has 2 saturated heterocycles. The van der Waals surface area contributed by atoms with Crippen LogP contribution in [0.4, 0.5) is 0 Å². The Morgan fingerprint density at radius 3 is 2.56 bits per heavy atom. The first-order valence-electron chi connectivity index (χ1n) is 6.30. The molecule has 16 heavy (non-hydrogen) atoms. The maximum Gasteiger partial charge on any atom is 0.227 e. The summed E-state index contributed by atoms with van der Waals surface area (Å²) in [6, 6.07) is 0.441. The standard InChI is InChI=1S/C12H22N2O2/c1-9-7-16-8-10(2)14(9)12(15)11-4-3-5-13-6-11/h9-11,13H,3-8H2,1-2H3. The quantitative estimate of drug-likeness (QED) is 0.713. The zero-order chi connectivity index (χ0) is 11.5. The van der Waals surface area contributed by atoms with E-state index < -0.39 is 0 Å². The van der Waals surface area contributed by atoms with Gasteiger partial charge in [-0.15, -0.1) is 0 Å². The van der Waals surface area contributed by atoms with Crippen LogP contribution >= 0.6 is 0 Å². The number of nitrogens with one attached hydrogen (secondary N) is 1. The Morgan fingerprint density at radius 2 is 2.00 bits per heavy atom. The fraction of sp³-hybridized carbons (Fsp3) is 0.917. The third-order valence-electron chi connectivity index (χ3n) is 3.57. The van der Waals surface area contributed by atoms with Crippen molar-refractivity contribution in [1.82, 2.24) is 10.2 Å². The van der Waals surface area contributed by atoms with Gasteiger partial charge in [-0.1, -0.05) is 0 Å². The van der Waals surface area contributed by atoms with E-state index >= 15 is 0 Å². The monoisotopic (exact) mass is 226 g/mol. The van der Waals surface area contributed by atoms with Crippen molar-refractivity contribution in [3.8, 4) is 0 Å². The summed E-state index contributed by atoms with van der Waals surface area (Å²) >= 11 is 0. The SMILES string of the molecule is CC1COCC(C)N1C(=O)C1CCCNC1. The Hall–Kier alpha value is -0.610. The third-order valence-corrected chi connectivity index (χ3v) is 3.57. The summed E-state index contributed by atoms with van der Waals surface area (Å²) < 4.78 is 5.45. The van der Waals surface area contributed by atoms with E-state index in [1.165, 1.54) is 0 Å². The van der Waals surface area contributed by atoms with Gasteiger partial charge in [0.05, 0.1) is 31.2 Å². The van der Waals surface area contributed by atoms with E-state index in [1.807, 2.05) is 4.90 Å². The van der Waals surface area contributed by atoms with Crippen molar-refractivity contribution in [1.29, 1.82) is 0 Å². The molecule has 2 rings (SSSR count). The Morgan fingerprint density at radius 1 is 1.31 bits per heavy atom. The number of nitrogens with zero attached hydrogens (tertiary/aromatic N) is 1. The topological polar surface area (TPSA) is 41.6 Å². The highest BCUT2D eigenvalue weighted by Crippen LogP contribution is 2.20. The van der Waals surface area contributed by atoms with Crippen LogP contribution in [0.2, 0.25) is 0 Å². The van der Waals surface area contributed by atoms with Crippen molar-refractivity contribution in [2.75, 3.05) is 26.3 Å². The maximum atomic E-state index is 12.4. The molecule has 2 aliphatic heterocycles. The van der Waals surface area contributed by atoms with Crippen LogP contribution < -0.4 is 5.32 Å². The second kappa shape index (κ2) is 5.15. The number of carbonyl (C=O) groups is 1. The number of amides is 1. The lowest BCUT2D eigenvalue weighted by molar-refractivity contribution is -0.149. The zero-order valence-corrected chi connectivity index (χ0v) is 10.2. The number of hydrogen-bond acceptors (Lipinski definition) is 3. The van der Waals surface area contributed by atoms with Gasteiger partial charge in [0.1, 0.15) is 0 Å². The molecule has 0 aromatic heterocycles. The van der Waals surface area contributed by atoms with Crippen LogP contribution in [0.15, 0.2) is 0 Å². The van der Waals surface area contributed by atoms with Gasteiger partial charge in [0.15, 0.2) is 0 Å². The van der Waals surface area contributed by atoms with Crippen LogP contribution in [-0.4, -0.2) is 49.2 Å². The molecule has 1 amide bonds. The van der Waals surface area contributed by atoms with Crippen molar-refractivity contribution in [3.05, 3.63) is 0 Å². The van der Waals surface area contributed by atoms with Gasteiger partial charge < -0.3 is 15.0 Å². The molecule has 0 aromatic carbocycles. The van der Waals surface area contributed by atoms with Gasteiger partial charge in [0, 0.05) is 6.54 Å². The van der Waals surface area contributed by atoms with Gasteiger partial charge in [0.2, 0.25) is 5.91 Å². The minimum absolute atomic E-state index is 0.178. The summed E-state index contributed by atoms with van der Waals surface area (Å²) in [7, 11) is 0. The van der Waals surface area contributed by atoms with Gasteiger partial charge >= 0.3 is 0 Å². The Labute approximate surface area is 97.3 Å². The number of hydrogen-bond donors (Lipinski definition) is 1. The van der Waals surface area contributed by atoms with E-state index in [0.717, 1.165) is 25.9 Å². The van der Waals surface area contributed by atoms with Crippen LogP contribution in [0.3, 0.4) is 0 Å². The molecule has 0 aromatic rings. The van der Waals surface area contributed by atoms with Gasteiger partial charge in [0.25, 0.3) is 0 Å². The molecule has 2 aliphatic rings. The fourth-order valence-electron chi connectivity index (χ4n) is 2.71. The average Bonchev–Trinajstić information content (AvgIpc) is 2.30. The number of piperidine rings is 1. The number of morpholine rings is 1. The van der Waals surface area contributed by atoms with Crippen molar-refractivity contribution in [3.63, 3.8) is 0 Å². The van der Waals surface area contributed by atoms with E-state index in [1.54, 1.807) is 0 Å². The lowest BCUT2D eigenvalue weighted by atomic mass is 9.96. The maximum absolute atomic E-state index is 12.4. The van der Waals surface area contributed by atoms with E-state index in [9.17, 15) is 4.79 Å². The van der Waals surface area contributed by atoms with Gasteiger partial charge in [-0.2, -0.15) is 0 Å². The average molecular weight is 226 g/mol. The fourth-order valence-corrected chi connectivity index (χ4v) is 2.71. The Balaban J connectivity index is 2.00. The zero-order valence-electron chi connectivity index (χ0n) is 10.2. The van der Waals surface area contributed by atoms with Crippen LogP contribution in [-0.2, 0) is 9.53 Å². The smallest absolute Gasteiger partial charge is 0.227 e. The summed E-state index contributed by atoms with van der Waals surface area (Å²) in [5.41, 5.74) is 0. The second-order valence-electron chi connectivity index (χ2n) is 5.02. The van der Waals surface area contributed by atoms with Gasteiger partial charge in [-0.25, -0.2) is 0 Å². The van der Waals surface area contributed by atoms with Crippen LogP contribution in [0, 0.1) is 5.92 Å². The second-order valence-corrected chi connectivity index (χ2v) is 5.02. The van der Waals surface area contributed by atoms with E-state index in [0.29, 0.717) is 19.1 Å². The molecule has 4 heteroatoms. The highest BCUT2D eigenvalue weighted by atomic mass is 16.5. The summed E-state index contributed by atoms with van der Waals surface area (Å²) in [6.07, 6.45) is 2.14. The predicted molar refractivity (Wildman–Crippen MR) is 62.2 cm³/mol. The molecule has 92 valence electrons. The highest BCUT2D eigenvalue weighted by Gasteiger charge is 2.34. The summed E-state index contributed by atoms with van der Waals surface area (Å²) in [4.78, 5) is 14.4. The molecule has 4 nitrogen and oxygen atoms in total. The van der Waals surface area contributed by atoms with Crippen LogP contribution in [0.25, 0.3) is 0 Å².